The zero-order valence-electron chi connectivity index (χ0n) is 33.2. The molecule has 0 N–H and O–H groups in total. The van der Waals surface area contributed by atoms with Gasteiger partial charge in [-0.1, -0.05) is 172 Å². The summed E-state index contributed by atoms with van der Waals surface area (Å²) in [7, 11) is 0. The molecule has 2 heteroatoms. The first-order chi connectivity index (χ1) is 29.0. The van der Waals surface area contributed by atoms with Crippen LogP contribution in [0.2, 0.25) is 0 Å². The first-order valence-electron chi connectivity index (χ1n) is 20.5. The molecule has 2 nitrogen and oxygen atoms in total. The number of rotatable bonds is 7. The summed E-state index contributed by atoms with van der Waals surface area (Å²) < 4.78 is 2.37. The molecule has 0 aliphatic heterocycles. The summed E-state index contributed by atoms with van der Waals surface area (Å²) >= 11 is 0. The minimum atomic E-state index is -0.115. The van der Waals surface area contributed by atoms with E-state index in [-0.39, 0.29) is 5.41 Å². The van der Waals surface area contributed by atoms with Gasteiger partial charge in [0.2, 0.25) is 0 Å². The average molecular weight is 755 g/mol. The number of hydrogen-bond acceptors (Lipinski definition) is 1. The third kappa shape index (κ3) is 5.79. The van der Waals surface area contributed by atoms with Crippen molar-refractivity contribution in [3.63, 3.8) is 0 Å². The van der Waals surface area contributed by atoms with Gasteiger partial charge in [-0.3, -0.25) is 0 Å². The average Bonchev–Trinajstić information content (AvgIpc) is 3.75. The second-order valence-corrected chi connectivity index (χ2v) is 16.2. The fraction of sp³-hybridized carbons (Fsp3) is 0.0526. The molecule has 0 spiro atoms. The minimum absolute atomic E-state index is 0.115. The molecule has 1 heterocycles. The summed E-state index contributed by atoms with van der Waals surface area (Å²) in [6.45, 7) is 4.71. The van der Waals surface area contributed by atoms with Crippen LogP contribution in [0.3, 0.4) is 0 Å². The second-order valence-electron chi connectivity index (χ2n) is 16.2. The van der Waals surface area contributed by atoms with Crippen LogP contribution in [0.4, 0.5) is 17.1 Å². The van der Waals surface area contributed by atoms with Crippen LogP contribution in [0, 0.1) is 0 Å². The molecule has 9 aromatic carbocycles. The molecular formula is C57H42N2. The van der Waals surface area contributed by atoms with E-state index in [9.17, 15) is 0 Å². The van der Waals surface area contributed by atoms with Gasteiger partial charge in [-0.25, -0.2) is 0 Å². The maximum atomic E-state index is 2.45. The van der Waals surface area contributed by atoms with Crippen molar-refractivity contribution in [3.05, 3.63) is 230 Å². The van der Waals surface area contributed by atoms with E-state index in [1.165, 1.54) is 77.4 Å². The molecule has 11 rings (SSSR count). The van der Waals surface area contributed by atoms with E-state index in [2.05, 4.69) is 242 Å². The van der Waals surface area contributed by atoms with E-state index in [1.807, 2.05) is 0 Å². The zero-order chi connectivity index (χ0) is 39.5. The third-order valence-corrected chi connectivity index (χ3v) is 12.4. The highest BCUT2D eigenvalue weighted by molar-refractivity contribution is 6.09. The monoisotopic (exact) mass is 754 g/mol. The summed E-state index contributed by atoms with van der Waals surface area (Å²) in [6, 6.07) is 79.8. The maximum Gasteiger partial charge on any atom is 0.0541 e. The Morgan fingerprint density at radius 3 is 1.64 bits per heavy atom. The SMILES string of the molecule is CC1(C)c2ccccc2-c2ccc(N(c3cccc(-c4cccc(-c5ccc(-n6c7ccccc7c7ccccc76)cc5)c4)c3)c3ccccc3-c3ccccc3)cc21. The lowest BCUT2D eigenvalue weighted by Crippen LogP contribution is -2.17. The summed E-state index contributed by atoms with van der Waals surface area (Å²) in [4.78, 5) is 2.45. The van der Waals surface area contributed by atoms with Gasteiger partial charge in [0, 0.05) is 38.8 Å². The van der Waals surface area contributed by atoms with E-state index < -0.39 is 0 Å². The second kappa shape index (κ2) is 13.9. The van der Waals surface area contributed by atoms with Gasteiger partial charge in [0.1, 0.15) is 0 Å². The number of aromatic nitrogens is 1. The van der Waals surface area contributed by atoms with Crippen molar-refractivity contribution in [3.8, 4) is 50.2 Å². The predicted octanol–water partition coefficient (Wildman–Crippen LogP) is 15.6. The molecule has 280 valence electrons. The molecule has 1 aromatic heterocycles. The van der Waals surface area contributed by atoms with E-state index >= 15 is 0 Å². The third-order valence-electron chi connectivity index (χ3n) is 12.4. The molecule has 1 aliphatic rings. The Morgan fingerprint density at radius 2 is 0.898 bits per heavy atom. The van der Waals surface area contributed by atoms with Crippen LogP contribution in [0.5, 0.6) is 0 Å². The summed E-state index contributed by atoms with van der Waals surface area (Å²) in [6.07, 6.45) is 0. The summed E-state index contributed by atoms with van der Waals surface area (Å²) in [5.74, 6) is 0. The van der Waals surface area contributed by atoms with E-state index in [0.29, 0.717) is 0 Å². The van der Waals surface area contributed by atoms with Crippen LogP contribution in [-0.4, -0.2) is 4.57 Å². The topological polar surface area (TPSA) is 8.17 Å². The number of anilines is 3. The summed E-state index contributed by atoms with van der Waals surface area (Å²) in [5, 5.41) is 2.55. The minimum Gasteiger partial charge on any atom is -0.310 e. The lowest BCUT2D eigenvalue weighted by molar-refractivity contribution is 0.660. The van der Waals surface area contributed by atoms with Crippen molar-refractivity contribution in [2.24, 2.45) is 0 Å². The van der Waals surface area contributed by atoms with E-state index in [4.69, 9.17) is 0 Å². The number of para-hydroxylation sites is 3. The van der Waals surface area contributed by atoms with Gasteiger partial charge in [-0.2, -0.15) is 0 Å². The van der Waals surface area contributed by atoms with E-state index in [0.717, 1.165) is 22.7 Å². The Bertz CT molecular complexity index is 3130. The molecule has 1 aliphatic carbocycles. The van der Waals surface area contributed by atoms with Gasteiger partial charge in [0.05, 0.1) is 16.7 Å². The van der Waals surface area contributed by atoms with Crippen LogP contribution >= 0.6 is 0 Å². The lowest BCUT2D eigenvalue weighted by Gasteiger charge is -2.30. The van der Waals surface area contributed by atoms with Crippen molar-refractivity contribution in [2.75, 3.05) is 4.90 Å². The van der Waals surface area contributed by atoms with Gasteiger partial charge in [0.25, 0.3) is 0 Å². The molecule has 10 aromatic rings. The van der Waals surface area contributed by atoms with Crippen LogP contribution in [0.15, 0.2) is 218 Å². The van der Waals surface area contributed by atoms with Crippen molar-refractivity contribution in [1.29, 1.82) is 0 Å². The number of nitrogens with zero attached hydrogens (tertiary/aromatic N) is 2. The normalized spacial score (nSPS) is 12.7. The fourth-order valence-corrected chi connectivity index (χ4v) is 9.50. The number of fused-ring (bicyclic) bond motifs is 6. The van der Waals surface area contributed by atoms with Crippen LogP contribution in [0.25, 0.3) is 72.0 Å². The Balaban J connectivity index is 0.997. The van der Waals surface area contributed by atoms with Gasteiger partial charge >= 0.3 is 0 Å². The molecule has 0 bridgehead atoms. The van der Waals surface area contributed by atoms with Gasteiger partial charge in [-0.05, 0) is 111 Å². The number of benzene rings is 9. The summed E-state index contributed by atoms with van der Waals surface area (Å²) in [5.41, 5.74) is 19.4. The Hall–Kier alpha value is -7.42. The van der Waals surface area contributed by atoms with Crippen LogP contribution < -0.4 is 4.90 Å². The van der Waals surface area contributed by atoms with Crippen molar-refractivity contribution < 1.29 is 0 Å². The molecule has 0 radical (unpaired) electrons. The highest BCUT2D eigenvalue weighted by atomic mass is 15.1. The van der Waals surface area contributed by atoms with Crippen molar-refractivity contribution in [1.82, 2.24) is 4.57 Å². The van der Waals surface area contributed by atoms with Gasteiger partial charge in [-0.15, -0.1) is 0 Å². The predicted molar refractivity (Wildman–Crippen MR) is 249 cm³/mol. The largest absolute Gasteiger partial charge is 0.310 e. The molecule has 0 atom stereocenters. The Morgan fingerprint density at radius 1 is 0.356 bits per heavy atom. The van der Waals surface area contributed by atoms with Gasteiger partial charge in [0.15, 0.2) is 0 Å². The van der Waals surface area contributed by atoms with Crippen LogP contribution in [-0.2, 0) is 5.41 Å². The Kier molecular flexibility index (Phi) is 8.20. The first kappa shape index (κ1) is 34.8. The highest BCUT2D eigenvalue weighted by Crippen LogP contribution is 2.51. The smallest absolute Gasteiger partial charge is 0.0541 e. The molecule has 0 unspecified atom stereocenters. The molecule has 0 saturated carbocycles. The molecule has 59 heavy (non-hydrogen) atoms. The van der Waals surface area contributed by atoms with Crippen molar-refractivity contribution in [2.45, 2.75) is 19.3 Å². The molecule has 0 amide bonds. The van der Waals surface area contributed by atoms with E-state index in [1.54, 1.807) is 0 Å². The first-order valence-corrected chi connectivity index (χ1v) is 20.5. The quantitative estimate of drug-likeness (QED) is 0.157. The fourth-order valence-electron chi connectivity index (χ4n) is 9.50. The Labute approximate surface area is 345 Å². The maximum absolute atomic E-state index is 2.45. The van der Waals surface area contributed by atoms with Gasteiger partial charge < -0.3 is 9.47 Å². The zero-order valence-corrected chi connectivity index (χ0v) is 33.2. The lowest BCUT2D eigenvalue weighted by atomic mass is 9.82. The molecular weight excluding hydrogens is 713 g/mol. The standard InChI is InChI=1S/C57H42N2/c1-57(2)52-26-10-6-23-48(52)49-35-34-46(38-53(49)57)58(54-27-11-7-22-47(54)40-16-4-3-5-17-40)45-21-15-20-43(37-45)42-19-14-18-41(36-42)39-30-32-44(33-31-39)59-55-28-12-8-24-50(55)51-25-9-13-29-56(51)59/h3-38H,1-2H3. The molecule has 0 saturated heterocycles. The number of hydrogen-bond donors (Lipinski definition) is 0. The van der Waals surface area contributed by atoms with Crippen LogP contribution in [0.1, 0.15) is 25.0 Å². The van der Waals surface area contributed by atoms with Crippen molar-refractivity contribution >= 4 is 38.9 Å². The highest BCUT2D eigenvalue weighted by Gasteiger charge is 2.36. The molecule has 0 fully saturated rings.